The van der Waals surface area contributed by atoms with Gasteiger partial charge in [-0.1, -0.05) is 78.9 Å². The number of pyridine rings is 1. The van der Waals surface area contributed by atoms with E-state index in [0.29, 0.717) is 6.54 Å². The maximum absolute atomic E-state index is 15.4. The molecule has 0 fully saturated rings. The standard InChI is InChI=1S/C27H20NO.C24BF20/c29-27(21-8-2-1-3-9-21)19-28-16-14-20(15-17-28)26-18-22-10-4-5-11-23(22)24-12-6-7-13-25(24)26;26-5-1(6(27)14(35)21(42)13(5)34)25(2-7(28)15(36)22(43)16(37)8(2)29,3-9(30)17(38)23(44)18(39)10(3)31)4-11(32)19(40)24(45)20(41)12(4)33/h1-18H,19H2;/q+1;-1. The van der Waals surface area contributed by atoms with E-state index in [1.54, 1.807) is 0 Å². The normalized spacial score (nSPS) is 11.6. The number of hydrogen-bond donors (Lipinski definition) is 0. The van der Waals surface area contributed by atoms with Crippen LogP contribution in [0, 0.1) is 116 Å². The molecular weight excluding hydrogens is 1030 g/mol. The van der Waals surface area contributed by atoms with Crippen molar-refractivity contribution in [2.75, 3.05) is 0 Å². The lowest BCUT2D eigenvalue weighted by Gasteiger charge is -2.44. The summed E-state index contributed by atoms with van der Waals surface area (Å²) in [5.74, 6) is -71.3. The van der Waals surface area contributed by atoms with Gasteiger partial charge in [-0.3, -0.25) is 4.79 Å². The summed E-state index contributed by atoms with van der Waals surface area (Å²) in [6, 6.07) is 32.9. The molecule has 1 aromatic heterocycles. The molecule has 8 aromatic carbocycles. The van der Waals surface area contributed by atoms with Crippen molar-refractivity contribution in [1.82, 2.24) is 0 Å². The van der Waals surface area contributed by atoms with E-state index in [0.717, 1.165) is 11.1 Å². The van der Waals surface area contributed by atoms with Gasteiger partial charge in [0.1, 0.15) is 52.7 Å². The third kappa shape index (κ3) is 8.13. The molecule has 0 unspecified atom stereocenters. The molecule has 0 bridgehead atoms. The summed E-state index contributed by atoms with van der Waals surface area (Å²) in [5, 5.41) is 5.00. The Balaban J connectivity index is 0.000000215. The molecule has 0 atom stereocenters. The van der Waals surface area contributed by atoms with Gasteiger partial charge < -0.3 is 0 Å². The highest BCUT2D eigenvalue weighted by atomic mass is 19.2. The minimum atomic E-state index is -7.22. The van der Waals surface area contributed by atoms with E-state index in [4.69, 9.17) is 0 Å². The molecule has 378 valence electrons. The molecule has 1 heterocycles. The lowest BCUT2D eigenvalue weighted by molar-refractivity contribution is -0.683. The first-order chi connectivity index (χ1) is 35.0. The highest BCUT2D eigenvalue weighted by Gasteiger charge is 2.52. The number of fused-ring (bicyclic) bond motifs is 3. The Morgan fingerprint density at radius 1 is 0.338 bits per heavy atom. The molecule has 0 saturated heterocycles. The van der Waals surface area contributed by atoms with Crippen molar-refractivity contribution in [3.05, 3.63) is 231 Å². The van der Waals surface area contributed by atoms with Gasteiger partial charge in [0.25, 0.3) is 0 Å². The molecule has 9 rings (SSSR count). The molecule has 9 aromatic rings. The Kier molecular flexibility index (Phi) is 13.8. The van der Waals surface area contributed by atoms with Crippen molar-refractivity contribution < 1.29 is 97.2 Å². The number of nitrogens with zero attached hydrogens (tertiary/aromatic N) is 1. The Hall–Kier alpha value is -8.24. The van der Waals surface area contributed by atoms with Crippen LogP contribution >= 0.6 is 0 Å². The third-order valence-corrected chi connectivity index (χ3v) is 12.1. The van der Waals surface area contributed by atoms with Gasteiger partial charge in [-0.2, -0.15) is 4.57 Å². The van der Waals surface area contributed by atoms with Crippen LogP contribution in [0.25, 0.3) is 32.7 Å². The molecule has 74 heavy (non-hydrogen) atoms. The fourth-order valence-electron chi connectivity index (χ4n) is 8.79. The maximum atomic E-state index is 15.4. The second-order valence-corrected chi connectivity index (χ2v) is 16.0. The molecule has 2 nitrogen and oxygen atoms in total. The highest BCUT2D eigenvalue weighted by molar-refractivity contribution is 7.20. The van der Waals surface area contributed by atoms with Crippen molar-refractivity contribution in [1.29, 1.82) is 0 Å². The summed E-state index contributed by atoms with van der Waals surface area (Å²) in [6.07, 6.45) is -3.24. The van der Waals surface area contributed by atoms with Gasteiger partial charge in [0, 0.05) is 17.7 Å². The number of ketones is 1. The zero-order chi connectivity index (χ0) is 54.0. The van der Waals surface area contributed by atoms with Crippen molar-refractivity contribution in [2.24, 2.45) is 0 Å². The van der Waals surface area contributed by atoms with Gasteiger partial charge in [0.15, 0.2) is 82.2 Å². The summed E-state index contributed by atoms with van der Waals surface area (Å²) in [4.78, 5) is 12.5. The second kappa shape index (κ2) is 19.6. The number of halogens is 20. The molecule has 23 heteroatoms. The smallest absolute Gasteiger partial charge is 0.227 e. The first-order valence-corrected chi connectivity index (χ1v) is 20.7. The van der Waals surface area contributed by atoms with Crippen LogP contribution in [0.3, 0.4) is 0 Å². The van der Waals surface area contributed by atoms with Crippen LogP contribution in [-0.2, 0) is 6.54 Å². The second-order valence-electron chi connectivity index (χ2n) is 16.0. The zero-order valence-electron chi connectivity index (χ0n) is 36.1. The minimum absolute atomic E-state index is 0.111. The van der Waals surface area contributed by atoms with E-state index in [1.807, 2.05) is 47.3 Å². The van der Waals surface area contributed by atoms with E-state index in [-0.39, 0.29) is 5.78 Å². The molecule has 0 saturated carbocycles. The lowest BCUT2D eigenvalue weighted by Crippen LogP contribution is -2.81. The van der Waals surface area contributed by atoms with Crippen LogP contribution in [0.2, 0.25) is 0 Å². The molecule has 0 aliphatic rings. The fourth-order valence-corrected chi connectivity index (χ4v) is 8.79. The predicted molar refractivity (Wildman–Crippen MR) is 227 cm³/mol. The van der Waals surface area contributed by atoms with E-state index in [9.17, 15) is 57.5 Å². The number of carbonyl (C=O) groups is 1. The zero-order valence-corrected chi connectivity index (χ0v) is 36.1. The topological polar surface area (TPSA) is 20.9 Å². The molecule has 0 amide bonds. The Morgan fingerprint density at radius 3 is 1.00 bits per heavy atom. The Morgan fingerprint density at radius 2 is 0.635 bits per heavy atom. The van der Waals surface area contributed by atoms with Gasteiger partial charge in [0.05, 0.1) is 0 Å². The number of hydrogen-bond acceptors (Lipinski definition) is 1. The van der Waals surface area contributed by atoms with Crippen molar-refractivity contribution >= 4 is 55.3 Å². The SMILES string of the molecule is Fc1c(F)c(F)c([B-](c2c(F)c(F)c(F)c(F)c2F)(c2c(F)c(F)c(F)c(F)c2F)c2c(F)c(F)c(F)c(F)c2F)c(F)c1F.O=C(C[n+]1ccc(-c2cc3ccccc3c3ccccc23)cc1)c1ccccc1. The number of carbonyl (C=O) groups excluding carboxylic acids is 1. The van der Waals surface area contributed by atoms with Crippen LogP contribution in [-0.4, -0.2) is 11.9 Å². The molecule has 0 aliphatic carbocycles. The number of rotatable bonds is 8. The van der Waals surface area contributed by atoms with E-state index in [1.165, 1.54) is 27.1 Å². The monoisotopic (exact) mass is 1050 g/mol. The summed E-state index contributed by atoms with van der Waals surface area (Å²) in [5.41, 5.74) is -11.2. The number of aromatic nitrogens is 1. The first kappa shape index (κ1) is 52.1. The summed E-state index contributed by atoms with van der Waals surface area (Å²) in [6.45, 7) is 0.336. The first-order valence-electron chi connectivity index (χ1n) is 20.7. The van der Waals surface area contributed by atoms with Crippen LogP contribution in [0.15, 0.2) is 109 Å². The van der Waals surface area contributed by atoms with Crippen LogP contribution < -0.4 is 26.4 Å². The number of benzene rings is 8. The highest BCUT2D eigenvalue weighted by Crippen LogP contribution is 2.35. The Labute approximate surface area is 400 Å². The number of Topliss-reactive ketones (excluding diaryl/α,β-unsaturated/α-hetero) is 1. The quantitative estimate of drug-likeness (QED) is 0.0283. The Bertz CT molecular complexity index is 3400. The van der Waals surface area contributed by atoms with E-state index in [2.05, 4.69) is 66.7 Å². The van der Waals surface area contributed by atoms with Crippen LogP contribution in [0.1, 0.15) is 10.4 Å². The van der Waals surface area contributed by atoms with E-state index >= 15 is 35.1 Å². The molecular formula is C51H20BF20NO. The van der Waals surface area contributed by atoms with Gasteiger partial charge >= 0.3 is 0 Å². The summed E-state index contributed by atoms with van der Waals surface area (Å²) in [7, 11) is 0. The van der Waals surface area contributed by atoms with Gasteiger partial charge in [0.2, 0.25) is 12.3 Å². The van der Waals surface area contributed by atoms with Gasteiger partial charge in [-0.25, -0.2) is 87.8 Å². The molecule has 0 radical (unpaired) electrons. The van der Waals surface area contributed by atoms with Crippen molar-refractivity contribution in [3.63, 3.8) is 0 Å². The largest absolute Gasteiger partial charge is 0.287 e. The van der Waals surface area contributed by atoms with Crippen molar-refractivity contribution in [2.45, 2.75) is 6.54 Å². The fraction of sp³-hybridized carbons (Fsp3) is 0.0196. The van der Waals surface area contributed by atoms with Gasteiger partial charge in [-0.15, -0.1) is 21.9 Å². The average molecular weight is 1050 g/mol. The van der Waals surface area contributed by atoms with Crippen LogP contribution in [0.4, 0.5) is 87.8 Å². The summed E-state index contributed by atoms with van der Waals surface area (Å²) >= 11 is 0. The predicted octanol–water partition coefficient (Wildman–Crippen LogP) is 11.7. The molecule has 0 N–H and O–H groups in total. The third-order valence-electron chi connectivity index (χ3n) is 12.1. The van der Waals surface area contributed by atoms with Gasteiger partial charge in [-0.05, 0) is 38.7 Å². The molecule has 0 spiro atoms. The maximum Gasteiger partial charge on any atom is 0.227 e. The summed E-state index contributed by atoms with van der Waals surface area (Å²) < 4.78 is 296. The minimum Gasteiger partial charge on any atom is -0.287 e. The lowest BCUT2D eigenvalue weighted by atomic mass is 9.12. The van der Waals surface area contributed by atoms with E-state index < -0.39 is 144 Å². The van der Waals surface area contributed by atoms with Crippen LogP contribution in [0.5, 0.6) is 0 Å². The van der Waals surface area contributed by atoms with Crippen molar-refractivity contribution in [3.8, 4) is 11.1 Å². The average Bonchev–Trinajstić information content (AvgIpc) is 3.41. The molecule has 0 aliphatic heterocycles.